The Morgan fingerprint density at radius 1 is 1.25 bits per heavy atom. The molecule has 1 heterocycles. The lowest BCUT2D eigenvalue weighted by atomic mass is 9.84. The van der Waals surface area contributed by atoms with Crippen molar-refractivity contribution in [3.8, 4) is 0 Å². The molecule has 0 fully saturated rings. The third kappa shape index (κ3) is 2.56. The summed E-state index contributed by atoms with van der Waals surface area (Å²) < 4.78 is 0. The number of aryl methyl sites for hydroxylation is 1. The molecular formula is C17H25N3. The Hall–Kier alpha value is -1.45. The molecule has 0 amide bonds. The van der Waals surface area contributed by atoms with Gasteiger partial charge in [0.05, 0.1) is 5.52 Å². The van der Waals surface area contributed by atoms with E-state index in [0.717, 1.165) is 23.0 Å². The number of nitrogens with two attached hydrogens (primary N) is 1. The summed E-state index contributed by atoms with van der Waals surface area (Å²) in [6.07, 6.45) is 1.01. The van der Waals surface area contributed by atoms with Gasteiger partial charge in [-0.3, -0.25) is 4.98 Å². The van der Waals surface area contributed by atoms with Gasteiger partial charge < -0.3 is 10.6 Å². The number of rotatable bonds is 4. The smallest absolute Gasteiger partial charge is 0.0705 e. The second-order valence-corrected chi connectivity index (χ2v) is 5.99. The van der Waals surface area contributed by atoms with Crippen LogP contribution in [0.5, 0.6) is 0 Å². The Morgan fingerprint density at radius 3 is 2.55 bits per heavy atom. The van der Waals surface area contributed by atoms with E-state index >= 15 is 0 Å². The van der Waals surface area contributed by atoms with Crippen LogP contribution in [0.2, 0.25) is 0 Å². The number of benzene rings is 1. The van der Waals surface area contributed by atoms with E-state index in [1.807, 2.05) is 13.0 Å². The molecule has 2 aromatic rings. The van der Waals surface area contributed by atoms with E-state index in [-0.39, 0.29) is 11.6 Å². The van der Waals surface area contributed by atoms with Crippen molar-refractivity contribution in [1.82, 2.24) is 9.88 Å². The summed E-state index contributed by atoms with van der Waals surface area (Å²) in [4.78, 5) is 6.76. The molecule has 20 heavy (non-hydrogen) atoms. The monoisotopic (exact) mass is 271 g/mol. The lowest BCUT2D eigenvalue weighted by molar-refractivity contribution is 0.132. The molecule has 0 bridgehead atoms. The molecule has 3 heteroatoms. The van der Waals surface area contributed by atoms with Crippen molar-refractivity contribution < 1.29 is 0 Å². The van der Waals surface area contributed by atoms with E-state index in [4.69, 9.17) is 5.73 Å². The summed E-state index contributed by atoms with van der Waals surface area (Å²) in [5, 5.41) is 1.15. The third-order valence-electron chi connectivity index (χ3n) is 4.62. The first-order valence-corrected chi connectivity index (χ1v) is 7.19. The maximum Gasteiger partial charge on any atom is 0.0705 e. The van der Waals surface area contributed by atoms with Gasteiger partial charge >= 0.3 is 0 Å². The van der Waals surface area contributed by atoms with Gasteiger partial charge in [-0.05, 0) is 58.1 Å². The van der Waals surface area contributed by atoms with Crippen LogP contribution in [0.25, 0.3) is 10.9 Å². The highest BCUT2D eigenvalue weighted by atomic mass is 15.2. The Labute approximate surface area is 121 Å². The predicted molar refractivity (Wildman–Crippen MR) is 85.8 cm³/mol. The van der Waals surface area contributed by atoms with Crippen LogP contribution in [0.4, 0.5) is 0 Å². The highest BCUT2D eigenvalue weighted by molar-refractivity contribution is 5.79. The maximum atomic E-state index is 6.54. The average Bonchev–Trinajstić information content (AvgIpc) is 2.44. The number of hydrogen-bond acceptors (Lipinski definition) is 3. The maximum absolute atomic E-state index is 6.54. The normalized spacial score (nSPS) is 16.4. The van der Waals surface area contributed by atoms with Crippen LogP contribution in [0.1, 0.15) is 37.6 Å². The van der Waals surface area contributed by atoms with Gasteiger partial charge in [0, 0.05) is 22.7 Å². The fourth-order valence-electron chi connectivity index (χ4n) is 2.61. The molecule has 2 unspecified atom stereocenters. The van der Waals surface area contributed by atoms with Crippen molar-refractivity contribution in [2.75, 3.05) is 14.1 Å². The predicted octanol–water partition coefficient (Wildman–Crippen LogP) is 3.27. The molecule has 0 saturated carbocycles. The summed E-state index contributed by atoms with van der Waals surface area (Å²) in [5.74, 6) is 0. The fourth-order valence-corrected chi connectivity index (χ4v) is 2.61. The van der Waals surface area contributed by atoms with Gasteiger partial charge in [-0.2, -0.15) is 0 Å². The third-order valence-corrected chi connectivity index (χ3v) is 4.62. The second kappa shape index (κ2) is 5.51. The highest BCUT2D eigenvalue weighted by Crippen LogP contribution is 2.31. The molecule has 2 N–H and O–H groups in total. The topological polar surface area (TPSA) is 42.1 Å². The fraction of sp³-hybridized carbons (Fsp3) is 0.471. The molecule has 1 aromatic carbocycles. The summed E-state index contributed by atoms with van der Waals surface area (Å²) in [5.41, 5.74) is 9.74. The number of aromatic nitrogens is 1. The van der Waals surface area contributed by atoms with Crippen molar-refractivity contribution in [2.24, 2.45) is 5.73 Å². The van der Waals surface area contributed by atoms with Crippen molar-refractivity contribution in [3.63, 3.8) is 0 Å². The Morgan fingerprint density at radius 2 is 1.95 bits per heavy atom. The molecule has 0 radical (unpaired) electrons. The Bertz CT molecular complexity index is 606. The van der Waals surface area contributed by atoms with Crippen molar-refractivity contribution in [1.29, 1.82) is 0 Å². The lowest BCUT2D eigenvalue weighted by Gasteiger charge is -2.41. The largest absolute Gasteiger partial charge is 0.322 e. The molecule has 3 nitrogen and oxygen atoms in total. The van der Waals surface area contributed by atoms with Crippen LogP contribution in [0.15, 0.2) is 30.3 Å². The standard InChI is InChI=1S/C17H25N3/c1-6-17(3,20(4)5)16(18)14-9-10-15-13(11-14)8-7-12(2)19-15/h7-11,16H,6,18H2,1-5H3. The van der Waals surface area contributed by atoms with Gasteiger partial charge in [0.15, 0.2) is 0 Å². The van der Waals surface area contributed by atoms with E-state index in [1.54, 1.807) is 0 Å². The van der Waals surface area contributed by atoms with Gasteiger partial charge in [0.25, 0.3) is 0 Å². The molecular weight excluding hydrogens is 246 g/mol. The molecule has 1 aromatic heterocycles. The zero-order chi connectivity index (χ0) is 14.9. The molecule has 2 atom stereocenters. The first-order chi connectivity index (χ1) is 9.38. The van der Waals surface area contributed by atoms with E-state index < -0.39 is 0 Å². The lowest BCUT2D eigenvalue weighted by Crippen LogP contribution is -2.49. The van der Waals surface area contributed by atoms with Crippen LogP contribution in [-0.4, -0.2) is 29.5 Å². The van der Waals surface area contributed by atoms with Crippen molar-refractivity contribution in [2.45, 2.75) is 38.8 Å². The summed E-state index contributed by atoms with van der Waals surface area (Å²) in [6.45, 7) is 6.42. The zero-order valence-corrected chi connectivity index (χ0v) is 13.1. The number of pyridine rings is 1. The van der Waals surface area contributed by atoms with Crippen LogP contribution in [0, 0.1) is 6.92 Å². The van der Waals surface area contributed by atoms with Gasteiger partial charge in [-0.25, -0.2) is 0 Å². The molecule has 0 aliphatic carbocycles. The molecule has 2 rings (SSSR count). The van der Waals surface area contributed by atoms with E-state index in [9.17, 15) is 0 Å². The first-order valence-electron chi connectivity index (χ1n) is 7.19. The van der Waals surface area contributed by atoms with Crippen LogP contribution in [0.3, 0.4) is 0 Å². The molecule has 0 spiro atoms. The van der Waals surface area contributed by atoms with Gasteiger partial charge in [0.2, 0.25) is 0 Å². The summed E-state index contributed by atoms with van der Waals surface area (Å²) in [7, 11) is 4.19. The van der Waals surface area contributed by atoms with Crippen LogP contribution in [-0.2, 0) is 0 Å². The Kier molecular flexibility index (Phi) is 4.11. The van der Waals surface area contributed by atoms with E-state index in [2.05, 4.69) is 62.1 Å². The van der Waals surface area contributed by atoms with E-state index in [1.165, 1.54) is 5.56 Å². The van der Waals surface area contributed by atoms with Crippen LogP contribution >= 0.6 is 0 Å². The molecule has 0 aliphatic rings. The SMILES string of the molecule is CCC(C)(C(N)c1ccc2nc(C)ccc2c1)N(C)C. The van der Waals surface area contributed by atoms with Crippen molar-refractivity contribution >= 4 is 10.9 Å². The average molecular weight is 271 g/mol. The molecule has 0 aliphatic heterocycles. The molecule has 0 saturated heterocycles. The van der Waals surface area contributed by atoms with Crippen LogP contribution < -0.4 is 5.73 Å². The van der Waals surface area contributed by atoms with Gasteiger partial charge in [-0.1, -0.05) is 19.1 Å². The minimum atomic E-state index is -0.0498. The minimum Gasteiger partial charge on any atom is -0.322 e. The highest BCUT2D eigenvalue weighted by Gasteiger charge is 2.33. The second-order valence-electron chi connectivity index (χ2n) is 5.99. The number of likely N-dealkylation sites (N-methyl/N-ethyl adjacent to an activating group) is 1. The number of hydrogen-bond donors (Lipinski definition) is 1. The quantitative estimate of drug-likeness (QED) is 0.928. The minimum absolute atomic E-state index is 0.0202. The summed E-state index contributed by atoms with van der Waals surface area (Å²) in [6, 6.07) is 10.5. The Balaban J connectivity index is 2.45. The zero-order valence-electron chi connectivity index (χ0n) is 13.1. The van der Waals surface area contributed by atoms with Crippen molar-refractivity contribution in [3.05, 3.63) is 41.6 Å². The van der Waals surface area contributed by atoms with Gasteiger partial charge in [0.1, 0.15) is 0 Å². The number of nitrogens with zero attached hydrogens (tertiary/aromatic N) is 2. The molecule has 108 valence electrons. The first kappa shape index (κ1) is 14.9. The number of fused-ring (bicyclic) bond motifs is 1. The van der Waals surface area contributed by atoms with E-state index in [0.29, 0.717) is 0 Å². The summed E-state index contributed by atoms with van der Waals surface area (Å²) >= 11 is 0. The van der Waals surface area contributed by atoms with Gasteiger partial charge in [-0.15, -0.1) is 0 Å².